The van der Waals surface area contributed by atoms with Crippen LogP contribution in [-0.4, -0.2) is 36.5 Å². The summed E-state index contributed by atoms with van der Waals surface area (Å²) in [5.41, 5.74) is 0.428. The minimum atomic E-state index is -0.507. The molecular formula is C15H16INO3. The third-order valence-corrected chi connectivity index (χ3v) is 3.18. The van der Waals surface area contributed by atoms with Crippen LogP contribution in [0.5, 0.6) is 0 Å². The quantitative estimate of drug-likeness (QED) is 0.412. The molecule has 4 nitrogen and oxygen atoms in total. The zero-order valence-electron chi connectivity index (χ0n) is 11.0. The third kappa shape index (κ3) is 5.16. The van der Waals surface area contributed by atoms with Crippen molar-refractivity contribution in [3.8, 4) is 0 Å². The molecule has 0 aliphatic heterocycles. The third-order valence-electron chi connectivity index (χ3n) is 2.46. The van der Waals surface area contributed by atoms with Crippen molar-refractivity contribution < 1.29 is 14.3 Å². The molecule has 0 unspecified atom stereocenters. The molecule has 0 aliphatic rings. The highest BCUT2D eigenvalue weighted by atomic mass is 127. The second kappa shape index (κ2) is 8.52. The largest absolute Gasteiger partial charge is 0.452 e. The Balaban J connectivity index is 2.54. The van der Waals surface area contributed by atoms with Gasteiger partial charge in [0.15, 0.2) is 6.61 Å². The number of esters is 1. The average Bonchev–Trinajstić information content (AvgIpc) is 2.45. The van der Waals surface area contributed by atoms with Crippen LogP contribution < -0.4 is 0 Å². The first-order chi connectivity index (χ1) is 9.58. The zero-order valence-corrected chi connectivity index (χ0v) is 13.2. The number of ether oxygens (including phenoxy) is 1. The molecule has 1 amide bonds. The van der Waals surface area contributed by atoms with Crippen molar-refractivity contribution in [2.24, 2.45) is 0 Å². The van der Waals surface area contributed by atoms with Crippen molar-refractivity contribution in [3.63, 3.8) is 0 Å². The molecule has 1 aromatic carbocycles. The maximum Gasteiger partial charge on any atom is 0.338 e. The van der Waals surface area contributed by atoms with Gasteiger partial charge in [0.25, 0.3) is 5.91 Å². The van der Waals surface area contributed by atoms with E-state index in [1.165, 1.54) is 4.90 Å². The SMILES string of the molecule is C=CCN(CC=C)C(=O)COC(=O)c1ccc(I)cc1. The standard InChI is InChI=1S/C15H16INO3/c1-3-9-17(10-4-2)14(18)11-20-15(19)12-5-7-13(16)8-6-12/h3-8H,1-2,9-11H2. The minimum absolute atomic E-state index is 0.274. The lowest BCUT2D eigenvalue weighted by atomic mass is 10.2. The number of carbonyl (C=O) groups is 2. The summed E-state index contributed by atoms with van der Waals surface area (Å²) in [4.78, 5) is 25.1. The van der Waals surface area contributed by atoms with E-state index >= 15 is 0 Å². The van der Waals surface area contributed by atoms with Gasteiger partial charge in [0.1, 0.15) is 0 Å². The molecule has 0 saturated heterocycles. The van der Waals surface area contributed by atoms with Crippen LogP contribution in [0.1, 0.15) is 10.4 Å². The van der Waals surface area contributed by atoms with Crippen molar-refractivity contribution in [3.05, 3.63) is 58.7 Å². The van der Waals surface area contributed by atoms with Gasteiger partial charge in [-0.25, -0.2) is 4.79 Å². The summed E-state index contributed by atoms with van der Waals surface area (Å²) < 4.78 is 6.03. The number of halogens is 1. The summed E-state index contributed by atoms with van der Waals surface area (Å²) in [6.45, 7) is 7.66. The zero-order chi connectivity index (χ0) is 15.0. The van der Waals surface area contributed by atoms with Crippen molar-refractivity contribution in [1.29, 1.82) is 0 Å². The van der Waals surface area contributed by atoms with Gasteiger partial charge in [-0.1, -0.05) is 12.2 Å². The monoisotopic (exact) mass is 385 g/mol. The van der Waals surface area contributed by atoms with Crippen LogP contribution >= 0.6 is 22.6 Å². The van der Waals surface area contributed by atoms with Crippen molar-refractivity contribution in [2.45, 2.75) is 0 Å². The molecule has 20 heavy (non-hydrogen) atoms. The molecule has 1 aromatic rings. The van der Waals surface area contributed by atoms with Gasteiger partial charge in [0.2, 0.25) is 0 Å². The number of amides is 1. The lowest BCUT2D eigenvalue weighted by molar-refractivity contribution is -0.133. The smallest absolute Gasteiger partial charge is 0.338 e. The molecule has 0 fully saturated rings. The summed E-state index contributed by atoms with van der Waals surface area (Å²) in [5.74, 6) is -0.782. The van der Waals surface area contributed by atoms with Crippen LogP contribution in [0, 0.1) is 3.57 Å². The van der Waals surface area contributed by atoms with Gasteiger partial charge in [0, 0.05) is 16.7 Å². The van der Waals surface area contributed by atoms with Gasteiger partial charge in [-0.2, -0.15) is 0 Å². The fraction of sp³-hybridized carbons (Fsp3) is 0.200. The van der Waals surface area contributed by atoms with Crippen molar-refractivity contribution >= 4 is 34.5 Å². The van der Waals surface area contributed by atoms with E-state index in [0.717, 1.165) is 3.57 Å². The van der Waals surface area contributed by atoms with Gasteiger partial charge in [-0.3, -0.25) is 4.79 Å². The van der Waals surface area contributed by atoms with Gasteiger partial charge in [0.05, 0.1) is 5.56 Å². The van der Waals surface area contributed by atoms with Gasteiger partial charge in [-0.15, -0.1) is 13.2 Å². The van der Waals surface area contributed by atoms with E-state index in [9.17, 15) is 9.59 Å². The van der Waals surface area contributed by atoms with Crippen LogP contribution in [-0.2, 0) is 9.53 Å². The Bertz CT molecular complexity index is 486. The van der Waals surface area contributed by atoms with Crippen molar-refractivity contribution in [2.75, 3.05) is 19.7 Å². The van der Waals surface area contributed by atoms with E-state index in [4.69, 9.17) is 4.74 Å². The van der Waals surface area contributed by atoms with E-state index in [1.807, 2.05) is 0 Å². The van der Waals surface area contributed by atoms with Crippen LogP contribution in [0.25, 0.3) is 0 Å². The molecular weight excluding hydrogens is 369 g/mol. The topological polar surface area (TPSA) is 46.6 Å². The number of benzene rings is 1. The molecule has 0 N–H and O–H groups in total. The molecule has 5 heteroatoms. The first-order valence-electron chi connectivity index (χ1n) is 6.00. The first kappa shape index (κ1) is 16.4. The molecule has 0 saturated carbocycles. The maximum atomic E-state index is 11.9. The molecule has 0 bridgehead atoms. The fourth-order valence-electron chi connectivity index (χ4n) is 1.48. The Kier molecular flexibility index (Phi) is 7.00. The summed E-state index contributed by atoms with van der Waals surface area (Å²) in [5, 5.41) is 0. The highest BCUT2D eigenvalue weighted by molar-refractivity contribution is 14.1. The lowest BCUT2D eigenvalue weighted by Crippen LogP contribution is -2.35. The Hall–Kier alpha value is -1.63. The Morgan fingerprint density at radius 1 is 1.15 bits per heavy atom. The number of carbonyl (C=O) groups excluding carboxylic acids is 2. The maximum absolute atomic E-state index is 11.9. The predicted octanol–water partition coefficient (Wildman–Crippen LogP) is 2.65. The summed E-state index contributed by atoms with van der Waals surface area (Å²) >= 11 is 2.15. The summed E-state index contributed by atoms with van der Waals surface area (Å²) in [6.07, 6.45) is 3.23. The van der Waals surface area contributed by atoms with Crippen LogP contribution in [0.3, 0.4) is 0 Å². The Morgan fingerprint density at radius 3 is 2.20 bits per heavy atom. The summed E-state index contributed by atoms with van der Waals surface area (Å²) in [6, 6.07) is 6.95. The van der Waals surface area contributed by atoms with E-state index < -0.39 is 5.97 Å². The molecule has 0 heterocycles. The normalized spacial score (nSPS) is 9.65. The Morgan fingerprint density at radius 2 is 1.70 bits per heavy atom. The summed E-state index contributed by atoms with van der Waals surface area (Å²) in [7, 11) is 0. The molecule has 1 rings (SSSR count). The predicted molar refractivity (Wildman–Crippen MR) is 86.4 cm³/mol. The number of hydrogen-bond donors (Lipinski definition) is 0. The number of nitrogens with zero attached hydrogens (tertiary/aromatic N) is 1. The highest BCUT2D eigenvalue weighted by Gasteiger charge is 2.14. The molecule has 106 valence electrons. The van der Waals surface area contributed by atoms with Crippen LogP contribution in [0.4, 0.5) is 0 Å². The molecule has 0 radical (unpaired) electrons. The van der Waals surface area contributed by atoms with Gasteiger partial charge >= 0.3 is 5.97 Å². The fourth-order valence-corrected chi connectivity index (χ4v) is 1.84. The number of rotatable bonds is 7. The van der Waals surface area contributed by atoms with Crippen molar-refractivity contribution in [1.82, 2.24) is 4.90 Å². The van der Waals surface area contributed by atoms with E-state index in [0.29, 0.717) is 18.7 Å². The molecule has 0 aromatic heterocycles. The van der Waals surface area contributed by atoms with Crippen LogP contribution in [0.15, 0.2) is 49.6 Å². The van der Waals surface area contributed by atoms with E-state index in [1.54, 1.807) is 36.4 Å². The molecule has 0 aliphatic carbocycles. The molecule has 0 spiro atoms. The van der Waals surface area contributed by atoms with Gasteiger partial charge in [-0.05, 0) is 46.9 Å². The van der Waals surface area contributed by atoms with E-state index in [-0.39, 0.29) is 12.5 Å². The van der Waals surface area contributed by atoms with Gasteiger partial charge < -0.3 is 9.64 Å². The lowest BCUT2D eigenvalue weighted by Gasteiger charge is -2.18. The second-order valence-electron chi connectivity index (χ2n) is 3.96. The minimum Gasteiger partial charge on any atom is -0.452 e. The number of hydrogen-bond acceptors (Lipinski definition) is 3. The molecule has 0 atom stereocenters. The average molecular weight is 385 g/mol. The van der Waals surface area contributed by atoms with E-state index in [2.05, 4.69) is 35.7 Å². The Labute approximate surface area is 132 Å². The highest BCUT2D eigenvalue weighted by Crippen LogP contribution is 2.08. The second-order valence-corrected chi connectivity index (χ2v) is 5.20. The van der Waals surface area contributed by atoms with Crippen LogP contribution in [0.2, 0.25) is 0 Å². The first-order valence-corrected chi connectivity index (χ1v) is 7.08.